The predicted molar refractivity (Wildman–Crippen MR) is 100 cm³/mol. The van der Waals surface area contributed by atoms with Crippen molar-refractivity contribution in [1.82, 2.24) is 0 Å². The van der Waals surface area contributed by atoms with Crippen molar-refractivity contribution in [2.24, 2.45) is 0 Å². The summed E-state index contributed by atoms with van der Waals surface area (Å²) in [5.41, 5.74) is 4.11. The van der Waals surface area contributed by atoms with Gasteiger partial charge in [-0.25, -0.2) is 0 Å². The summed E-state index contributed by atoms with van der Waals surface area (Å²) in [7, 11) is 0. The van der Waals surface area contributed by atoms with Gasteiger partial charge in [0.2, 0.25) is 0 Å². The number of benzene rings is 3. The van der Waals surface area contributed by atoms with Gasteiger partial charge in [-0.3, -0.25) is 9.69 Å². The van der Waals surface area contributed by atoms with Gasteiger partial charge < -0.3 is 0 Å². The molecule has 0 unspecified atom stereocenters. The van der Waals surface area contributed by atoms with Gasteiger partial charge in [0.05, 0.1) is 0 Å². The van der Waals surface area contributed by atoms with Crippen LogP contribution in [0.4, 0.5) is 11.4 Å². The normalized spacial score (nSPS) is 10.2. The van der Waals surface area contributed by atoms with E-state index in [4.69, 9.17) is 0 Å². The summed E-state index contributed by atoms with van der Waals surface area (Å²) < 4.78 is 0. The first-order chi connectivity index (χ1) is 11.7. The Morgan fingerprint density at radius 1 is 0.750 bits per heavy atom. The molecule has 0 aliphatic carbocycles. The molecule has 0 spiro atoms. The number of carbonyl (C=O) groups is 1. The van der Waals surface area contributed by atoms with E-state index < -0.39 is 0 Å². The minimum atomic E-state index is -0.128. The Labute approximate surface area is 142 Å². The lowest BCUT2D eigenvalue weighted by atomic mass is 10.0. The third kappa shape index (κ3) is 3.28. The number of nitrogens with zero attached hydrogens (tertiary/aromatic N) is 1. The van der Waals surface area contributed by atoms with Gasteiger partial charge in [0.15, 0.2) is 0 Å². The number of hydrogen-bond donors (Lipinski definition) is 0. The van der Waals surface area contributed by atoms with E-state index in [1.807, 2.05) is 91.9 Å². The molecule has 0 aromatic heterocycles. The smallest absolute Gasteiger partial charge is 0.262 e. The molecule has 0 bridgehead atoms. The Kier molecular flexibility index (Phi) is 4.57. The number of para-hydroxylation sites is 2. The second kappa shape index (κ2) is 6.97. The first-order valence-electron chi connectivity index (χ1n) is 7.87. The summed E-state index contributed by atoms with van der Waals surface area (Å²) in [4.78, 5) is 14.9. The van der Waals surface area contributed by atoms with Crippen LogP contribution in [0.5, 0.6) is 0 Å². The molecule has 3 aromatic carbocycles. The van der Waals surface area contributed by atoms with Crippen molar-refractivity contribution < 1.29 is 4.79 Å². The van der Waals surface area contributed by atoms with Gasteiger partial charge in [-0.2, -0.15) is 0 Å². The van der Waals surface area contributed by atoms with Crippen LogP contribution < -0.4 is 4.90 Å². The number of hydrogen-bond acceptors (Lipinski definition) is 1. The third-order valence-corrected chi connectivity index (χ3v) is 3.89. The average Bonchev–Trinajstić information content (AvgIpc) is 2.64. The van der Waals surface area contributed by atoms with E-state index in [-0.39, 0.29) is 5.91 Å². The molecule has 3 rings (SSSR count). The maximum absolute atomic E-state index is 13.2. The lowest BCUT2D eigenvalue weighted by Crippen LogP contribution is -2.26. The second-order valence-corrected chi connectivity index (χ2v) is 5.66. The van der Waals surface area contributed by atoms with E-state index in [9.17, 15) is 4.79 Å². The van der Waals surface area contributed by atoms with E-state index >= 15 is 0 Å². The Bertz CT molecular complexity index is 797. The van der Waals surface area contributed by atoms with E-state index in [1.54, 1.807) is 4.90 Å². The highest BCUT2D eigenvalue weighted by atomic mass is 16.2. The molecule has 0 saturated heterocycles. The minimum Gasteiger partial charge on any atom is -0.277 e. The van der Waals surface area contributed by atoms with Crippen LogP contribution >= 0.6 is 0 Å². The van der Waals surface area contributed by atoms with Gasteiger partial charge in [-0.05, 0) is 36.8 Å². The maximum Gasteiger partial charge on any atom is 0.262 e. The number of rotatable bonds is 4. The number of anilines is 2. The SMILES string of the molecule is C=C(C(=O)N(c1ccccc1)c1ccccc1)c1ccc(C)cc1. The molecule has 3 aromatic rings. The summed E-state index contributed by atoms with van der Waals surface area (Å²) in [5, 5.41) is 0. The summed E-state index contributed by atoms with van der Waals surface area (Å²) >= 11 is 0. The van der Waals surface area contributed by atoms with Crippen LogP contribution in [0.3, 0.4) is 0 Å². The fourth-order valence-corrected chi connectivity index (χ4v) is 2.55. The molecule has 2 nitrogen and oxygen atoms in total. The maximum atomic E-state index is 13.2. The Balaban J connectivity index is 2.01. The van der Waals surface area contributed by atoms with Crippen LogP contribution in [0, 0.1) is 6.92 Å². The topological polar surface area (TPSA) is 20.3 Å². The highest BCUT2D eigenvalue weighted by Gasteiger charge is 2.21. The molecule has 0 aliphatic heterocycles. The Hall–Kier alpha value is -3.13. The zero-order valence-electron chi connectivity index (χ0n) is 13.6. The van der Waals surface area contributed by atoms with Gasteiger partial charge in [0.25, 0.3) is 5.91 Å². The number of carbonyl (C=O) groups excluding carboxylic acids is 1. The largest absolute Gasteiger partial charge is 0.277 e. The van der Waals surface area contributed by atoms with Crippen molar-refractivity contribution >= 4 is 22.9 Å². The van der Waals surface area contributed by atoms with Crippen LogP contribution in [0.25, 0.3) is 5.57 Å². The molecule has 0 radical (unpaired) electrons. The van der Waals surface area contributed by atoms with Crippen molar-refractivity contribution in [2.75, 3.05) is 4.90 Å². The molecule has 0 N–H and O–H groups in total. The number of amides is 1. The van der Waals surface area contributed by atoms with Gasteiger partial charge in [-0.15, -0.1) is 0 Å². The predicted octanol–water partition coefficient (Wildman–Crippen LogP) is 5.37. The molecule has 2 heteroatoms. The highest BCUT2D eigenvalue weighted by Crippen LogP contribution is 2.29. The highest BCUT2D eigenvalue weighted by molar-refractivity contribution is 6.28. The fraction of sp³-hybridized carbons (Fsp3) is 0.0455. The van der Waals surface area contributed by atoms with Gasteiger partial charge in [0, 0.05) is 16.9 Å². The standard InChI is InChI=1S/C22H19NO/c1-17-13-15-19(16-14-17)18(2)22(24)23(20-9-5-3-6-10-20)21-11-7-4-8-12-21/h3-16H,2H2,1H3. The van der Waals surface area contributed by atoms with Crippen LogP contribution in [0.1, 0.15) is 11.1 Å². The molecule has 0 fully saturated rings. The molecule has 1 amide bonds. The van der Waals surface area contributed by atoms with Crippen molar-refractivity contribution in [3.8, 4) is 0 Å². The van der Waals surface area contributed by atoms with Crippen LogP contribution in [0.2, 0.25) is 0 Å². The van der Waals surface area contributed by atoms with E-state index in [0.717, 1.165) is 22.5 Å². The molecule has 0 atom stereocenters. The van der Waals surface area contributed by atoms with Crippen molar-refractivity contribution in [3.63, 3.8) is 0 Å². The lowest BCUT2D eigenvalue weighted by Gasteiger charge is -2.24. The fourth-order valence-electron chi connectivity index (χ4n) is 2.55. The molecular weight excluding hydrogens is 294 g/mol. The van der Waals surface area contributed by atoms with Gasteiger partial charge in [-0.1, -0.05) is 72.8 Å². The first kappa shape index (κ1) is 15.8. The lowest BCUT2D eigenvalue weighted by molar-refractivity contribution is -0.112. The molecule has 0 heterocycles. The Morgan fingerprint density at radius 2 is 1.21 bits per heavy atom. The zero-order chi connectivity index (χ0) is 16.9. The minimum absolute atomic E-state index is 0.128. The summed E-state index contributed by atoms with van der Waals surface area (Å²) in [6.45, 7) is 6.06. The first-order valence-corrected chi connectivity index (χ1v) is 7.87. The molecule has 24 heavy (non-hydrogen) atoms. The van der Waals surface area contributed by atoms with Gasteiger partial charge >= 0.3 is 0 Å². The van der Waals surface area contributed by atoms with E-state index in [0.29, 0.717) is 5.57 Å². The van der Waals surface area contributed by atoms with Crippen LogP contribution in [0.15, 0.2) is 91.5 Å². The van der Waals surface area contributed by atoms with E-state index in [2.05, 4.69) is 6.58 Å². The summed E-state index contributed by atoms with van der Waals surface area (Å²) in [6, 6.07) is 27.1. The number of aryl methyl sites for hydroxylation is 1. The summed E-state index contributed by atoms with van der Waals surface area (Å²) in [5.74, 6) is -0.128. The molecular formula is C22H19NO. The zero-order valence-corrected chi connectivity index (χ0v) is 13.6. The van der Waals surface area contributed by atoms with Gasteiger partial charge in [0.1, 0.15) is 0 Å². The molecule has 0 saturated carbocycles. The monoisotopic (exact) mass is 313 g/mol. The van der Waals surface area contributed by atoms with Crippen LogP contribution in [-0.4, -0.2) is 5.91 Å². The quantitative estimate of drug-likeness (QED) is 0.593. The second-order valence-electron chi connectivity index (χ2n) is 5.66. The average molecular weight is 313 g/mol. The molecule has 0 aliphatic rings. The van der Waals surface area contributed by atoms with Crippen molar-refractivity contribution in [3.05, 3.63) is 103 Å². The van der Waals surface area contributed by atoms with Crippen molar-refractivity contribution in [1.29, 1.82) is 0 Å². The van der Waals surface area contributed by atoms with E-state index in [1.165, 1.54) is 0 Å². The summed E-state index contributed by atoms with van der Waals surface area (Å²) in [6.07, 6.45) is 0. The van der Waals surface area contributed by atoms with Crippen LogP contribution in [-0.2, 0) is 4.79 Å². The molecule has 118 valence electrons. The van der Waals surface area contributed by atoms with Crippen molar-refractivity contribution in [2.45, 2.75) is 6.92 Å². The Morgan fingerprint density at radius 3 is 1.67 bits per heavy atom. The third-order valence-electron chi connectivity index (χ3n) is 3.89.